The molecule has 174 valence electrons. The van der Waals surface area contributed by atoms with E-state index < -0.39 is 27.6 Å². The van der Waals surface area contributed by atoms with E-state index in [1.165, 1.54) is 54.7 Å². The Kier molecular flexibility index (Phi) is 6.81. The van der Waals surface area contributed by atoms with Crippen molar-refractivity contribution in [1.82, 2.24) is 19.7 Å². The summed E-state index contributed by atoms with van der Waals surface area (Å²) in [5.41, 5.74) is 1.20. The van der Waals surface area contributed by atoms with Gasteiger partial charge in [-0.3, -0.25) is 9.52 Å². The minimum atomic E-state index is -5.16. The molecule has 0 aliphatic carbocycles. The van der Waals surface area contributed by atoms with Crippen LogP contribution in [0.25, 0.3) is 11.3 Å². The number of benzene rings is 1. The number of rotatable bonds is 6. The van der Waals surface area contributed by atoms with Gasteiger partial charge in [0.1, 0.15) is 29.5 Å². The van der Waals surface area contributed by atoms with E-state index in [0.717, 1.165) is 11.6 Å². The Morgan fingerprint density at radius 1 is 1.09 bits per heavy atom. The first kappa shape index (κ1) is 23.9. The van der Waals surface area contributed by atoms with Crippen molar-refractivity contribution in [1.29, 1.82) is 0 Å². The molecule has 0 aliphatic rings. The fourth-order valence-electron chi connectivity index (χ4n) is 2.70. The van der Waals surface area contributed by atoms with Crippen molar-refractivity contribution in [2.24, 2.45) is 0 Å². The van der Waals surface area contributed by atoms with Gasteiger partial charge in [0.25, 0.3) is 0 Å². The Bertz CT molecular complexity index is 1310. The normalized spacial score (nSPS) is 13.0. The van der Waals surface area contributed by atoms with Gasteiger partial charge in [-0.2, -0.15) is 13.2 Å². The lowest BCUT2D eigenvalue weighted by molar-refractivity contribution is -0.171. The summed E-state index contributed by atoms with van der Waals surface area (Å²) in [5.74, 6) is -1.97. The summed E-state index contributed by atoms with van der Waals surface area (Å²) in [6.07, 6.45) is -1.59. The standard InChI is InChI=1S/C20H17F4N5O3S/c1-32-16-8-13(21)3-4-14(16)15-9-18(27-11-26-15)28-17-7-12(5-6-25-17)10-33(2,31)29-19(30)20(22,23)24/h3-11H,1-2H3,(H,29,30,31)(H,25,26,27,28). The van der Waals surface area contributed by atoms with Gasteiger partial charge in [-0.25, -0.2) is 23.6 Å². The van der Waals surface area contributed by atoms with Crippen molar-refractivity contribution in [3.63, 3.8) is 0 Å². The number of anilines is 2. The van der Waals surface area contributed by atoms with Gasteiger partial charge in [0.2, 0.25) is 0 Å². The number of pyridine rings is 1. The highest BCUT2D eigenvalue weighted by molar-refractivity contribution is 7.99. The molecule has 1 amide bonds. The maximum atomic E-state index is 13.5. The molecule has 2 aromatic heterocycles. The first-order chi connectivity index (χ1) is 15.5. The molecule has 0 saturated carbocycles. The molecule has 0 spiro atoms. The van der Waals surface area contributed by atoms with Crippen molar-refractivity contribution in [2.45, 2.75) is 6.18 Å². The molecule has 0 radical (unpaired) electrons. The molecule has 8 nitrogen and oxygen atoms in total. The summed E-state index contributed by atoms with van der Waals surface area (Å²) in [6.45, 7) is 0. The maximum absolute atomic E-state index is 13.5. The number of carbonyl (C=O) groups is 1. The molecule has 2 heterocycles. The van der Waals surface area contributed by atoms with Gasteiger partial charge >= 0.3 is 12.1 Å². The molecule has 1 atom stereocenters. The molecule has 3 rings (SSSR count). The van der Waals surface area contributed by atoms with E-state index >= 15 is 0 Å². The second kappa shape index (κ2) is 9.40. The quantitative estimate of drug-likeness (QED) is 0.410. The minimum absolute atomic E-state index is 0.233. The number of amides is 1. The number of alkyl halides is 3. The molecule has 1 aromatic carbocycles. The summed E-state index contributed by atoms with van der Waals surface area (Å²) < 4.78 is 69.8. The van der Waals surface area contributed by atoms with Gasteiger partial charge in [0.05, 0.1) is 22.5 Å². The lowest BCUT2D eigenvalue weighted by Crippen LogP contribution is -2.40. The lowest BCUT2D eigenvalue weighted by Gasteiger charge is -2.11. The summed E-state index contributed by atoms with van der Waals surface area (Å²) in [7, 11) is -2.08. The van der Waals surface area contributed by atoms with E-state index in [1.807, 2.05) is 0 Å². The van der Waals surface area contributed by atoms with E-state index in [2.05, 4.69) is 20.3 Å². The zero-order valence-electron chi connectivity index (χ0n) is 17.2. The highest BCUT2D eigenvalue weighted by Gasteiger charge is 2.39. The first-order valence-electron chi connectivity index (χ1n) is 9.09. The predicted octanol–water partition coefficient (Wildman–Crippen LogP) is 3.09. The number of nitrogens with one attached hydrogen (secondary N) is 2. The van der Waals surface area contributed by atoms with E-state index in [9.17, 15) is 26.6 Å². The number of hydrogen-bond acceptors (Lipinski definition) is 7. The largest absolute Gasteiger partial charge is 0.496 e. The number of methoxy groups -OCH3 is 1. The summed E-state index contributed by atoms with van der Waals surface area (Å²) >= 11 is 0. The Morgan fingerprint density at radius 2 is 1.82 bits per heavy atom. The number of hydrogen-bond donors (Lipinski definition) is 2. The summed E-state index contributed by atoms with van der Waals surface area (Å²) in [5, 5.41) is 3.90. The molecule has 0 fully saturated rings. The van der Waals surface area contributed by atoms with Gasteiger partial charge in [-0.15, -0.1) is 0 Å². The maximum Gasteiger partial charge on any atom is 0.472 e. The van der Waals surface area contributed by atoms with Crippen LogP contribution in [0.2, 0.25) is 0 Å². The topological polar surface area (TPSA) is 106 Å². The van der Waals surface area contributed by atoms with Crippen LogP contribution in [0.3, 0.4) is 0 Å². The number of nitrogens with zero attached hydrogens (tertiary/aromatic N) is 3. The summed E-state index contributed by atoms with van der Waals surface area (Å²) in [6, 6.07) is 8.34. The van der Waals surface area contributed by atoms with E-state index in [1.54, 1.807) is 6.07 Å². The molecule has 13 heteroatoms. The van der Waals surface area contributed by atoms with Crippen molar-refractivity contribution < 1.29 is 31.3 Å². The molecule has 0 saturated heterocycles. The van der Waals surface area contributed by atoms with Crippen molar-refractivity contribution in [3.05, 3.63) is 60.3 Å². The molecule has 0 bridgehead atoms. The molecule has 2 N–H and O–H groups in total. The van der Waals surface area contributed by atoms with Crippen LogP contribution >= 0.6 is 0 Å². The molecule has 33 heavy (non-hydrogen) atoms. The third-order valence-electron chi connectivity index (χ3n) is 4.06. The fourth-order valence-corrected chi connectivity index (χ4v) is 3.91. The van der Waals surface area contributed by atoms with Gasteiger partial charge < -0.3 is 10.1 Å². The lowest BCUT2D eigenvalue weighted by atomic mass is 10.1. The Labute approximate surface area is 186 Å². The molecular weight excluding hydrogens is 466 g/mol. The third-order valence-corrected chi connectivity index (χ3v) is 5.37. The first-order valence-corrected chi connectivity index (χ1v) is 11.1. The van der Waals surface area contributed by atoms with Crippen molar-refractivity contribution in [3.8, 4) is 17.0 Å². The average molecular weight is 483 g/mol. The highest BCUT2D eigenvalue weighted by atomic mass is 32.2. The van der Waals surface area contributed by atoms with Crippen LogP contribution in [-0.2, 0) is 14.5 Å². The number of ether oxygens (including phenoxy) is 1. The van der Waals surface area contributed by atoms with Crippen molar-refractivity contribution in [2.75, 3.05) is 18.7 Å². The van der Waals surface area contributed by atoms with Crippen LogP contribution in [0.15, 0.2) is 48.9 Å². The monoisotopic (exact) mass is 483 g/mol. The van der Waals surface area contributed by atoms with Gasteiger partial charge in [-0.1, -0.05) is 0 Å². The summed E-state index contributed by atoms with van der Waals surface area (Å²) in [4.78, 5) is 23.4. The zero-order valence-corrected chi connectivity index (χ0v) is 18.0. The number of aromatic nitrogens is 3. The van der Waals surface area contributed by atoms with Crippen LogP contribution in [-0.4, -0.2) is 50.0 Å². The van der Waals surface area contributed by atoms with E-state index in [4.69, 9.17) is 4.74 Å². The van der Waals surface area contributed by atoms with Crippen LogP contribution < -0.4 is 14.8 Å². The van der Waals surface area contributed by atoms with E-state index in [0.29, 0.717) is 17.1 Å². The van der Waals surface area contributed by atoms with Crippen LogP contribution in [0.5, 0.6) is 5.75 Å². The molecular formula is C20H17F4N5O3S. The van der Waals surface area contributed by atoms with Crippen LogP contribution in [0, 0.1) is 5.82 Å². The van der Waals surface area contributed by atoms with Gasteiger partial charge in [-0.05, 0) is 29.8 Å². The number of halogens is 4. The van der Waals surface area contributed by atoms with Gasteiger partial charge in [0.15, 0.2) is 0 Å². The van der Waals surface area contributed by atoms with Crippen molar-refractivity contribution >= 4 is 32.6 Å². The third kappa shape index (κ3) is 6.38. The predicted molar refractivity (Wildman–Crippen MR) is 115 cm³/mol. The minimum Gasteiger partial charge on any atom is -0.496 e. The molecule has 0 aliphatic heterocycles. The Balaban J connectivity index is 1.85. The zero-order chi connectivity index (χ0) is 24.2. The smallest absolute Gasteiger partial charge is 0.472 e. The van der Waals surface area contributed by atoms with Crippen LogP contribution in [0.1, 0.15) is 5.56 Å². The SMILES string of the molecule is COc1cc(F)ccc1-c1cc(Nc2cc(C=S(C)(=O)NC(=O)C(F)(F)F)ccn2)ncn1. The Hall–Kier alpha value is -3.74. The molecule has 1 unspecified atom stereocenters. The highest BCUT2D eigenvalue weighted by Crippen LogP contribution is 2.30. The average Bonchev–Trinajstić information content (AvgIpc) is 2.72. The molecule has 3 aromatic rings. The van der Waals surface area contributed by atoms with Crippen LogP contribution in [0.4, 0.5) is 29.2 Å². The second-order valence-electron chi connectivity index (χ2n) is 6.68. The second-order valence-corrected chi connectivity index (χ2v) is 8.93. The fraction of sp³-hybridized carbons (Fsp3) is 0.150. The Morgan fingerprint density at radius 3 is 2.52 bits per heavy atom. The van der Waals surface area contributed by atoms with E-state index in [-0.39, 0.29) is 17.1 Å². The van der Waals surface area contributed by atoms with Gasteiger partial charge in [0, 0.05) is 35.5 Å². The number of carbonyl (C=O) groups excluding carboxylic acids is 1.